The molecule has 0 fully saturated rings. The summed E-state index contributed by atoms with van der Waals surface area (Å²) in [4.78, 5) is 17.9. The van der Waals surface area contributed by atoms with E-state index in [4.69, 9.17) is 4.74 Å². The predicted octanol–water partition coefficient (Wildman–Crippen LogP) is 1.47. The molecule has 0 aliphatic heterocycles. The number of hydrogen-bond donors (Lipinski definition) is 1. The lowest BCUT2D eigenvalue weighted by Crippen LogP contribution is -2.16. The number of esters is 1. The topological polar surface area (TPSA) is 54.5 Å². The zero-order valence-corrected chi connectivity index (χ0v) is 12.4. The molecule has 0 amide bonds. The average Bonchev–Trinajstić information content (AvgIpc) is 2.43. The molecule has 0 saturated carbocycles. The van der Waals surface area contributed by atoms with Gasteiger partial charge < -0.3 is 15.0 Å². The molecule has 0 unspecified atom stereocenters. The highest BCUT2D eigenvalue weighted by molar-refractivity contribution is 5.89. The Morgan fingerprint density at radius 3 is 2.95 bits per heavy atom. The number of carbonyl (C=O) groups is 1. The Labute approximate surface area is 120 Å². The van der Waals surface area contributed by atoms with Crippen molar-refractivity contribution in [2.45, 2.75) is 13.5 Å². The number of ether oxygens (including phenoxy) is 1. The van der Waals surface area contributed by atoms with Crippen LogP contribution in [0.15, 0.2) is 30.5 Å². The lowest BCUT2D eigenvalue weighted by molar-refractivity contribution is 0.0526. The molecule has 0 saturated heterocycles. The van der Waals surface area contributed by atoms with Crippen molar-refractivity contribution in [1.82, 2.24) is 15.2 Å². The molecule has 0 spiro atoms. The molecule has 0 aromatic carbocycles. The Kier molecular flexibility index (Phi) is 7.54. The molecular formula is C15H23N3O2. The van der Waals surface area contributed by atoms with Crippen LogP contribution in [0.1, 0.15) is 23.0 Å². The molecule has 0 bridgehead atoms. The van der Waals surface area contributed by atoms with Crippen LogP contribution in [0, 0.1) is 0 Å². The van der Waals surface area contributed by atoms with E-state index in [1.165, 1.54) is 0 Å². The quantitative estimate of drug-likeness (QED) is 0.443. The highest BCUT2D eigenvalue weighted by Gasteiger charge is 2.06. The summed E-state index contributed by atoms with van der Waals surface area (Å²) in [5.41, 5.74) is 1.37. The molecule has 0 radical (unpaired) electrons. The maximum absolute atomic E-state index is 11.6. The minimum atomic E-state index is -0.304. The third-order valence-corrected chi connectivity index (χ3v) is 2.53. The zero-order chi connectivity index (χ0) is 14.8. The van der Waals surface area contributed by atoms with E-state index >= 15 is 0 Å². The minimum absolute atomic E-state index is 0.304. The Balaban J connectivity index is 2.39. The first-order valence-electron chi connectivity index (χ1n) is 6.76. The second-order valence-corrected chi connectivity index (χ2v) is 4.62. The molecule has 1 aromatic rings. The van der Waals surface area contributed by atoms with Crippen molar-refractivity contribution in [1.29, 1.82) is 0 Å². The minimum Gasteiger partial charge on any atom is -0.462 e. The number of pyridine rings is 1. The van der Waals surface area contributed by atoms with E-state index < -0.39 is 0 Å². The second-order valence-electron chi connectivity index (χ2n) is 4.62. The van der Waals surface area contributed by atoms with E-state index in [-0.39, 0.29) is 5.97 Å². The van der Waals surface area contributed by atoms with Crippen molar-refractivity contribution < 1.29 is 9.53 Å². The van der Waals surface area contributed by atoms with Crippen LogP contribution in [-0.4, -0.2) is 49.6 Å². The van der Waals surface area contributed by atoms with Gasteiger partial charge in [0, 0.05) is 25.8 Å². The van der Waals surface area contributed by atoms with Crippen LogP contribution >= 0.6 is 0 Å². The first-order chi connectivity index (χ1) is 9.63. The molecule has 0 atom stereocenters. The fourth-order valence-corrected chi connectivity index (χ4v) is 1.57. The highest BCUT2D eigenvalue weighted by Crippen LogP contribution is 2.03. The summed E-state index contributed by atoms with van der Waals surface area (Å²) in [6.07, 6.45) is 5.82. The molecule has 1 heterocycles. The van der Waals surface area contributed by atoms with Gasteiger partial charge in [0.15, 0.2) is 0 Å². The second kappa shape index (κ2) is 9.23. The number of aromatic nitrogens is 1. The predicted molar refractivity (Wildman–Crippen MR) is 79.6 cm³/mol. The van der Waals surface area contributed by atoms with Gasteiger partial charge >= 0.3 is 5.97 Å². The fourth-order valence-electron chi connectivity index (χ4n) is 1.57. The van der Waals surface area contributed by atoms with Crippen LogP contribution in [0.3, 0.4) is 0 Å². The SMILES string of the molecule is CCOC(=O)c1ccnc(CNC/C=C\CN(C)C)c1. The zero-order valence-electron chi connectivity index (χ0n) is 12.4. The van der Waals surface area contributed by atoms with E-state index in [2.05, 4.69) is 27.4 Å². The lowest BCUT2D eigenvalue weighted by atomic mass is 10.2. The average molecular weight is 277 g/mol. The number of carbonyl (C=O) groups excluding carboxylic acids is 1. The Bertz CT molecular complexity index is 444. The van der Waals surface area contributed by atoms with Crippen molar-refractivity contribution in [3.05, 3.63) is 41.7 Å². The van der Waals surface area contributed by atoms with Gasteiger partial charge in [0.05, 0.1) is 17.9 Å². The van der Waals surface area contributed by atoms with Gasteiger partial charge in [-0.2, -0.15) is 0 Å². The molecule has 1 rings (SSSR count). The van der Waals surface area contributed by atoms with Crippen molar-refractivity contribution in [2.24, 2.45) is 0 Å². The molecule has 5 nitrogen and oxygen atoms in total. The van der Waals surface area contributed by atoms with Crippen LogP contribution in [0.25, 0.3) is 0 Å². The van der Waals surface area contributed by atoms with Gasteiger partial charge in [-0.05, 0) is 33.2 Å². The van der Waals surface area contributed by atoms with E-state index in [0.29, 0.717) is 18.7 Å². The summed E-state index contributed by atoms with van der Waals surface area (Å²) >= 11 is 0. The molecule has 1 aromatic heterocycles. The molecule has 0 aliphatic carbocycles. The van der Waals surface area contributed by atoms with Crippen molar-refractivity contribution in [3.63, 3.8) is 0 Å². The third-order valence-electron chi connectivity index (χ3n) is 2.53. The monoisotopic (exact) mass is 277 g/mol. The van der Waals surface area contributed by atoms with Gasteiger partial charge in [0.25, 0.3) is 0 Å². The smallest absolute Gasteiger partial charge is 0.338 e. The van der Waals surface area contributed by atoms with Gasteiger partial charge in [-0.15, -0.1) is 0 Å². The summed E-state index contributed by atoms with van der Waals surface area (Å²) in [5.74, 6) is -0.304. The third kappa shape index (κ3) is 6.45. The van der Waals surface area contributed by atoms with Gasteiger partial charge in [-0.25, -0.2) is 4.79 Å². The standard InChI is InChI=1S/C15H23N3O2/c1-4-20-15(19)13-7-9-17-14(11-13)12-16-8-5-6-10-18(2)3/h5-7,9,11,16H,4,8,10,12H2,1-3H3/b6-5-. The van der Waals surface area contributed by atoms with Gasteiger partial charge in [-0.1, -0.05) is 12.2 Å². The van der Waals surface area contributed by atoms with Gasteiger partial charge in [0.1, 0.15) is 0 Å². The van der Waals surface area contributed by atoms with Crippen LogP contribution in [0.5, 0.6) is 0 Å². The highest BCUT2D eigenvalue weighted by atomic mass is 16.5. The van der Waals surface area contributed by atoms with Crippen molar-refractivity contribution >= 4 is 5.97 Å². The summed E-state index contributed by atoms with van der Waals surface area (Å²) in [6, 6.07) is 3.42. The number of likely N-dealkylation sites (N-methyl/N-ethyl adjacent to an activating group) is 1. The van der Waals surface area contributed by atoms with Gasteiger partial charge in [-0.3, -0.25) is 4.98 Å². The first kappa shape index (κ1) is 16.3. The summed E-state index contributed by atoms with van der Waals surface area (Å²) in [7, 11) is 4.06. The molecule has 0 aliphatic rings. The largest absolute Gasteiger partial charge is 0.462 e. The van der Waals surface area contributed by atoms with Crippen LogP contribution in [-0.2, 0) is 11.3 Å². The number of nitrogens with zero attached hydrogens (tertiary/aromatic N) is 2. The number of rotatable bonds is 8. The fraction of sp³-hybridized carbons (Fsp3) is 0.467. The van der Waals surface area contributed by atoms with Crippen molar-refractivity contribution in [2.75, 3.05) is 33.8 Å². The molecule has 1 N–H and O–H groups in total. The molecule has 20 heavy (non-hydrogen) atoms. The number of hydrogen-bond acceptors (Lipinski definition) is 5. The van der Waals surface area contributed by atoms with Crippen LogP contribution in [0.2, 0.25) is 0 Å². The Morgan fingerprint density at radius 2 is 2.25 bits per heavy atom. The Morgan fingerprint density at radius 1 is 1.45 bits per heavy atom. The Hall–Kier alpha value is -1.72. The van der Waals surface area contributed by atoms with E-state index in [1.54, 1.807) is 25.3 Å². The maximum Gasteiger partial charge on any atom is 0.338 e. The van der Waals surface area contributed by atoms with Crippen LogP contribution in [0.4, 0.5) is 0 Å². The summed E-state index contributed by atoms with van der Waals surface area (Å²) in [5, 5.41) is 3.25. The van der Waals surface area contributed by atoms with E-state index in [1.807, 2.05) is 14.1 Å². The summed E-state index contributed by atoms with van der Waals surface area (Å²) in [6.45, 7) is 4.50. The molecular weight excluding hydrogens is 254 g/mol. The summed E-state index contributed by atoms with van der Waals surface area (Å²) < 4.78 is 4.96. The van der Waals surface area contributed by atoms with E-state index in [9.17, 15) is 4.79 Å². The lowest BCUT2D eigenvalue weighted by Gasteiger charge is -2.05. The normalized spacial score (nSPS) is 11.2. The van der Waals surface area contributed by atoms with Crippen molar-refractivity contribution in [3.8, 4) is 0 Å². The molecule has 5 heteroatoms. The van der Waals surface area contributed by atoms with E-state index in [0.717, 1.165) is 18.8 Å². The maximum atomic E-state index is 11.6. The first-order valence-corrected chi connectivity index (χ1v) is 6.76. The molecule has 110 valence electrons. The van der Waals surface area contributed by atoms with Crippen LogP contribution < -0.4 is 5.32 Å². The van der Waals surface area contributed by atoms with Gasteiger partial charge in [0.2, 0.25) is 0 Å². The number of nitrogens with one attached hydrogen (secondary N) is 1.